The number of hydrogen-bond acceptors (Lipinski definition) is 2. The summed E-state index contributed by atoms with van der Waals surface area (Å²) in [6.07, 6.45) is 1.87. The maximum atomic E-state index is 5.96. The molecule has 0 amide bonds. The van der Waals surface area contributed by atoms with E-state index in [9.17, 15) is 0 Å². The Morgan fingerprint density at radius 3 is 2.89 bits per heavy atom. The second kappa shape index (κ2) is 6.45. The quantitative estimate of drug-likeness (QED) is 0.810. The minimum absolute atomic E-state index is 0.249. The van der Waals surface area contributed by atoms with Gasteiger partial charge in [-0.1, -0.05) is 18.6 Å². The van der Waals surface area contributed by atoms with Crippen molar-refractivity contribution in [2.24, 2.45) is 0 Å². The van der Waals surface area contributed by atoms with E-state index in [0.717, 1.165) is 30.7 Å². The standard InChI is InChI=1S/C17H21NO/c1-4-6-7-8-15(18-5-2)17-12-14-11-13(3)9-10-16(14)19-17/h9-12,15,18H,5,7-8H2,1-3H3. The van der Waals surface area contributed by atoms with Gasteiger partial charge in [-0.15, -0.1) is 11.8 Å². The minimum Gasteiger partial charge on any atom is -0.459 e. The van der Waals surface area contributed by atoms with Crippen LogP contribution in [0, 0.1) is 18.8 Å². The minimum atomic E-state index is 0.249. The molecule has 1 N–H and O–H groups in total. The summed E-state index contributed by atoms with van der Waals surface area (Å²) in [7, 11) is 0. The van der Waals surface area contributed by atoms with E-state index in [0.29, 0.717) is 0 Å². The fraction of sp³-hybridized carbons (Fsp3) is 0.412. The molecule has 1 aromatic carbocycles. The van der Waals surface area contributed by atoms with Crippen LogP contribution in [0.1, 0.15) is 44.1 Å². The number of hydrogen-bond donors (Lipinski definition) is 1. The van der Waals surface area contributed by atoms with Gasteiger partial charge in [0.15, 0.2) is 0 Å². The molecule has 1 atom stereocenters. The van der Waals surface area contributed by atoms with Crippen LogP contribution < -0.4 is 5.32 Å². The van der Waals surface area contributed by atoms with Crippen LogP contribution in [-0.4, -0.2) is 6.54 Å². The highest BCUT2D eigenvalue weighted by atomic mass is 16.3. The molecule has 2 rings (SSSR count). The van der Waals surface area contributed by atoms with E-state index in [4.69, 9.17) is 4.42 Å². The van der Waals surface area contributed by atoms with Crippen LogP contribution in [0.15, 0.2) is 28.7 Å². The lowest BCUT2D eigenvalue weighted by Crippen LogP contribution is -2.20. The monoisotopic (exact) mass is 255 g/mol. The Morgan fingerprint density at radius 2 is 2.16 bits per heavy atom. The third kappa shape index (κ3) is 3.39. The fourth-order valence-electron chi connectivity index (χ4n) is 2.29. The van der Waals surface area contributed by atoms with Crippen molar-refractivity contribution >= 4 is 11.0 Å². The van der Waals surface area contributed by atoms with Crippen molar-refractivity contribution in [3.63, 3.8) is 0 Å². The average molecular weight is 255 g/mol. The molecule has 0 bridgehead atoms. The van der Waals surface area contributed by atoms with Crippen LogP contribution in [0.2, 0.25) is 0 Å². The van der Waals surface area contributed by atoms with Gasteiger partial charge in [0, 0.05) is 11.8 Å². The Labute approximate surface area is 115 Å². The molecule has 100 valence electrons. The Balaban J connectivity index is 2.24. The van der Waals surface area contributed by atoms with Crippen molar-refractivity contribution in [2.45, 2.75) is 39.7 Å². The summed E-state index contributed by atoms with van der Waals surface area (Å²) < 4.78 is 5.96. The summed E-state index contributed by atoms with van der Waals surface area (Å²) in [4.78, 5) is 0. The van der Waals surface area contributed by atoms with E-state index >= 15 is 0 Å². The van der Waals surface area contributed by atoms with Gasteiger partial charge in [0.2, 0.25) is 0 Å². The molecular formula is C17H21NO. The van der Waals surface area contributed by atoms with Crippen LogP contribution in [0.25, 0.3) is 11.0 Å². The second-order valence-electron chi connectivity index (χ2n) is 4.77. The molecule has 0 spiro atoms. The lowest BCUT2D eigenvalue weighted by molar-refractivity contribution is 0.421. The molecule has 2 aromatic rings. The van der Waals surface area contributed by atoms with Crippen LogP contribution in [0.3, 0.4) is 0 Å². The Morgan fingerprint density at radius 1 is 1.32 bits per heavy atom. The van der Waals surface area contributed by atoms with Gasteiger partial charge >= 0.3 is 0 Å². The molecule has 1 unspecified atom stereocenters. The highest BCUT2D eigenvalue weighted by Gasteiger charge is 2.14. The van der Waals surface area contributed by atoms with Crippen molar-refractivity contribution < 1.29 is 4.42 Å². The SMILES string of the molecule is CC#CCCC(NCC)c1cc2cc(C)ccc2o1. The molecule has 2 nitrogen and oxygen atoms in total. The smallest absolute Gasteiger partial charge is 0.134 e. The van der Waals surface area contributed by atoms with Gasteiger partial charge in [-0.25, -0.2) is 0 Å². The van der Waals surface area contributed by atoms with Crippen molar-refractivity contribution in [3.8, 4) is 11.8 Å². The summed E-state index contributed by atoms with van der Waals surface area (Å²) >= 11 is 0. The largest absolute Gasteiger partial charge is 0.459 e. The molecule has 0 fully saturated rings. The summed E-state index contributed by atoms with van der Waals surface area (Å²) in [5, 5.41) is 4.65. The highest BCUT2D eigenvalue weighted by molar-refractivity contribution is 5.78. The van der Waals surface area contributed by atoms with E-state index in [2.05, 4.69) is 49.2 Å². The van der Waals surface area contributed by atoms with Crippen molar-refractivity contribution in [1.82, 2.24) is 5.32 Å². The van der Waals surface area contributed by atoms with Gasteiger partial charge in [0.1, 0.15) is 11.3 Å². The molecule has 0 aliphatic rings. The number of rotatable bonds is 5. The first-order chi connectivity index (χ1) is 9.24. The first-order valence-corrected chi connectivity index (χ1v) is 6.87. The van der Waals surface area contributed by atoms with Gasteiger partial charge in [-0.3, -0.25) is 0 Å². The summed E-state index contributed by atoms with van der Waals surface area (Å²) in [6.45, 7) is 7.03. The Kier molecular flexibility index (Phi) is 4.65. The molecular weight excluding hydrogens is 234 g/mol. The van der Waals surface area contributed by atoms with Crippen molar-refractivity contribution in [2.75, 3.05) is 6.54 Å². The predicted molar refractivity (Wildman–Crippen MR) is 80.1 cm³/mol. The van der Waals surface area contributed by atoms with E-state index in [1.807, 2.05) is 13.0 Å². The molecule has 0 aliphatic heterocycles. The highest BCUT2D eigenvalue weighted by Crippen LogP contribution is 2.27. The predicted octanol–water partition coefficient (Wildman–Crippen LogP) is 4.20. The molecule has 0 aliphatic carbocycles. The molecule has 1 aromatic heterocycles. The third-order valence-electron chi connectivity index (χ3n) is 3.22. The molecule has 1 heterocycles. The average Bonchev–Trinajstić information content (AvgIpc) is 2.80. The number of furan rings is 1. The molecule has 0 saturated carbocycles. The van der Waals surface area contributed by atoms with E-state index in [1.165, 1.54) is 10.9 Å². The van der Waals surface area contributed by atoms with Gasteiger partial charge in [0.25, 0.3) is 0 Å². The second-order valence-corrected chi connectivity index (χ2v) is 4.77. The zero-order valence-corrected chi connectivity index (χ0v) is 11.9. The van der Waals surface area contributed by atoms with E-state index in [1.54, 1.807) is 0 Å². The van der Waals surface area contributed by atoms with Crippen molar-refractivity contribution in [1.29, 1.82) is 0 Å². The number of nitrogens with one attached hydrogen (secondary N) is 1. The van der Waals surface area contributed by atoms with Gasteiger partial charge in [-0.2, -0.15) is 0 Å². The first kappa shape index (κ1) is 13.7. The summed E-state index contributed by atoms with van der Waals surface area (Å²) in [5.41, 5.74) is 2.22. The third-order valence-corrected chi connectivity index (χ3v) is 3.22. The zero-order valence-electron chi connectivity index (χ0n) is 11.9. The molecule has 19 heavy (non-hydrogen) atoms. The number of aryl methyl sites for hydroxylation is 1. The van der Waals surface area contributed by atoms with Gasteiger partial charge in [-0.05, 0) is 45.0 Å². The van der Waals surface area contributed by atoms with Gasteiger partial charge in [0.05, 0.1) is 6.04 Å². The summed E-state index contributed by atoms with van der Waals surface area (Å²) in [6, 6.07) is 8.69. The Hall–Kier alpha value is -1.72. The van der Waals surface area contributed by atoms with Crippen LogP contribution in [-0.2, 0) is 0 Å². The van der Waals surface area contributed by atoms with Crippen LogP contribution in [0.4, 0.5) is 0 Å². The van der Waals surface area contributed by atoms with E-state index < -0.39 is 0 Å². The zero-order chi connectivity index (χ0) is 13.7. The lowest BCUT2D eigenvalue weighted by atomic mass is 10.1. The number of fused-ring (bicyclic) bond motifs is 1. The van der Waals surface area contributed by atoms with Crippen molar-refractivity contribution in [3.05, 3.63) is 35.6 Å². The molecule has 2 heteroatoms. The topological polar surface area (TPSA) is 25.2 Å². The van der Waals surface area contributed by atoms with Crippen LogP contribution >= 0.6 is 0 Å². The Bertz CT molecular complexity index is 600. The normalized spacial score (nSPS) is 12.2. The molecule has 0 radical (unpaired) electrons. The fourth-order valence-corrected chi connectivity index (χ4v) is 2.29. The van der Waals surface area contributed by atoms with E-state index in [-0.39, 0.29) is 6.04 Å². The maximum Gasteiger partial charge on any atom is 0.134 e. The number of benzene rings is 1. The lowest BCUT2D eigenvalue weighted by Gasteiger charge is -2.13. The summed E-state index contributed by atoms with van der Waals surface area (Å²) in [5.74, 6) is 7.07. The first-order valence-electron chi connectivity index (χ1n) is 6.87. The molecule has 0 saturated heterocycles. The van der Waals surface area contributed by atoms with Crippen LogP contribution in [0.5, 0.6) is 0 Å². The maximum absolute atomic E-state index is 5.96. The van der Waals surface area contributed by atoms with Gasteiger partial charge < -0.3 is 9.73 Å².